The molecule has 1 heterocycles. The summed E-state index contributed by atoms with van der Waals surface area (Å²) in [4.78, 5) is 18.7. The number of pyridine rings is 1. The Morgan fingerprint density at radius 1 is 1.25 bits per heavy atom. The van der Waals surface area contributed by atoms with Gasteiger partial charge in [0.05, 0.1) is 11.9 Å². The van der Waals surface area contributed by atoms with Crippen molar-refractivity contribution in [2.24, 2.45) is 0 Å². The monoisotopic (exact) mass is 390 g/mol. The maximum Gasteiger partial charge on any atom is 0.274 e. The molecule has 24 heavy (non-hydrogen) atoms. The van der Waals surface area contributed by atoms with Crippen LogP contribution < -0.4 is 10.6 Å². The normalized spacial score (nSPS) is 10.7. The van der Waals surface area contributed by atoms with E-state index in [1.807, 2.05) is 31.2 Å². The summed E-state index contributed by atoms with van der Waals surface area (Å²) < 4.78 is 0.987. The van der Waals surface area contributed by atoms with Gasteiger partial charge < -0.3 is 15.5 Å². The molecule has 0 radical (unpaired) electrons. The zero-order valence-corrected chi connectivity index (χ0v) is 15.9. The fourth-order valence-corrected chi connectivity index (χ4v) is 2.69. The average molecular weight is 391 g/mol. The predicted octanol–water partition coefficient (Wildman–Crippen LogP) is 3.77. The minimum absolute atomic E-state index is 0.209. The third kappa shape index (κ3) is 5.62. The van der Waals surface area contributed by atoms with Gasteiger partial charge in [0.1, 0.15) is 5.69 Å². The van der Waals surface area contributed by atoms with Gasteiger partial charge in [-0.15, -0.1) is 0 Å². The second-order valence-electron chi connectivity index (χ2n) is 5.93. The Bertz CT molecular complexity index is 686. The number of nitrogens with one attached hydrogen (secondary N) is 2. The summed E-state index contributed by atoms with van der Waals surface area (Å²) in [5, 5.41) is 6.19. The first-order chi connectivity index (χ1) is 11.5. The molecule has 0 aliphatic heterocycles. The van der Waals surface area contributed by atoms with Crippen molar-refractivity contribution in [3.05, 3.63) is 52.3 Å². The van der Waals surface area contributed by atoms with Crippen molar-refractivity contribution in [2.75, 3.05) is 37.8 Å². The van der Waals surface area contributed by atoms with Crippen LogP contribution in [0.1, 0.15) is 22.5 Å². The van der Waals surface area contributed by atoms with Crippen LogP contribution in [0.4, 0.5) is 11.4 Å². The molecule has 1 aromatic heterocycles. The van der Waals surface area contributed by atoms with Crippen molar-refractivity contribution in [1.29, 1.82) is 0 Å². The van der Waals surface area contributed by atoms with Crippen molar-refractivity contribution in [2.45, 2.75) is 13.3 Å². The molecule has 0 atom stereocenters. The zero-order valence-electron chi connectivity index (χ0n) is 14.3. The molecule has 1 amide bonds. The second kappa shape index (κ2) is 8.80. The number of nitrogens with zero attached hydrogens (tertiary/aromatic N) is 2. The topological polar surface area (TPSA) is 57.3 Å². The Kier molecular flexibility index (Phi) is 6.75. The van der Waals surface area contributed by atoms with Crippen molar-refractivity contribution in [3.8, 4) is 0 Å². The molecule has 2 rings (SSSR count). The standard InChI is InChI=1S/C18H23BrN4O/c1-13-11-14(19)5-7-16(13)22-18(24)17-8-6-15(12-21-17)20-9-4-10-23(2)3/h5-8,11-12,20H,4,9-10H2,1-3H3,(H,22,24). The fourth-order valence-electron chi connectivity index (χ4n) is 2.21. The molecule has 0 fully saturated rings. The summed E-state index contributed by atoms with van der Waals surface area (Å²) in [7, 11) is 4.12. The highest BCUT2D eigenvalue weighted by Crippen LogP contribution is 2.20. The molecule has 0 aliphatic carbocycles. The summed E-state index contributed by atoms with van der Waals surface area (Å²) in [6, 6.07) is 9.35. The van der Waals surface area contributed by atoms with E-state index in [1.165, 1.54) is 0 Å². The highest BCUT2D eigenvalue weighted by molar-refractivity contribution is 9.10. The number of anilines is 2. The SMILES string of the molecule is Cc1cc(Br)ccc1NC(=O)c1ccc(NCCCN(C)C)cn1. The van der Waals surface area contributed by atoms with E-state index in [-0.39, 0.29) is 5.91 Å². The van der Waals surface area contributed by atoms with Crippen molar-refractivity contribution in [1.82, 2.24) is 9.88 Å². The van der Waals surface area contributed by atoms with Crippen LogP contribution in [0.15, 0.2) is 41.0 Å². The number of benzene rings is 1. The highest BCUT2D eigenvalue weighted by atomic mass is 79.9. The summed E-state index contributed by atoms with van der Waals surface area (Å²) in [5.74, 6) is -0.209. The van der Waals surface area contributed by atoms with E-state index in [2.05, 4.69) is 50.5 Å². The Balaban J connectivity index is 1.91. The molecule has 0 saturated carbocycles. The van der Waals surface area contributed by atoms with Crippen molar-refractivity contribution < 1.29 is 4.79 Å². The van der Waals surface area contributed by atoms with Crippen molar-refractivity contribution >= 4 is 33.2 Å². The molecule has 6 heteroatoms. The molecule has 0 spiro atoms. The first kappa shape index (κ1) is 18.4. The molecule has 2 aromatic rings. The lowest BCUT2D eigenvalue weighted by Crippen LogP contribution is -2.17. The fraction of sp³-hybridized carbons (Fsp3) is 0.333. The number of hydrogen-bond donors (Lipinski definition) is 2. The van der Waals surface area contributed by atoms with Gasteiger partial charge in [-0.1, -0.05) is 15.9 Å². The third-order valence-corrected chi connectivity index (χ3v) is 4.04. The number of carbonyl (C=O) groups is 1. The average Bonchev–Trinajstić information content (AvgIpc) is 2.54. The van der Waals surface area contributed by atoms with Gasteiger partial charge in [-0.2, -0.15) is 0 Å². The van der Waals surface area contributed by atoms with Gasteiger partial charge >= 0.3 is 0 Å². The lowest BCUT2D eigenvalue weighted by Gasteiger charge is -2.11. The Hall–Kier alpha value is -1.92. The summed E-state index contributed by atoms with van der Waals surface area (Å²) >= 11 is 3.41. The van der Waals surface area contributed by atoms with Gasteiger partial charge in [0.2, 0.25) is 0 Å². The molecule has 2 N–H and O–H groups in total. The van der Waals surface area contributed by atoms with Gasteiger partial charge in [0, 0.05) is 16.7 Å². The Labute approximate surface area is 151 Å². The molecule has 128 valence electrons. The number of amides is 1. The second-order valence-corrected chi connectivity index (χ2v) is 6.84. The van der Waals surface area contributed by atoms with E-state index in [9.17, 15) is 4.79 Å². The van der Waals surface area contributed by atoms with Crippen LogP contribution in [0, 0.1) is 6.92 Å². The van der Waals surface area contributed by atoms with Gasteiger partial charge in [-0.3, -0.25) is 4.79 Å². The lowest BCUT2D eigenvalue weighted by molar-refractivity contribution is 0.102. The third-order valence-electron chi connectivity index (χ3n) is 3.54. The summed E-state index contributed by atoms with van der Waals surface area (Å²) in [5.41, 5.74) is 3.11. The van der Waals surface area contributed by atoms with Gasteiger partial charge in [0.25, 0.3) is 5.91 Å². The first-order valence-corrected chi connectivity index (χ1v) is 8.67. The lowest BCUT2D eigenvalue weighted by atomic mass is 10.2. The molecule has 0 unspecified atom stereocenters. The minimum Gasteiger partial charge on any atom is -0.384 e. The smallest absolute Gasteiger partial charge is 0.274 e. The molecular weight excluding hydrogens is 368 g/mol. The van der Waals surface area contributed by atoms with Gasteiger partial charge in [-0.25, -0.2) is 4.98 Å². The van der Waals surface area contributed by atoms with E-state index in [0.29, 0.717) is 5.69 Å². The van der Waals surface area contributed by atoms with E-state index in [0.717, 1.165) is 40.9 Å². The number of carbonyl (C=O) groups excluding carboxylic acids is 1. The highest BCUT2D eigenvalue weighted by Gasteiger charge is 2.09. The number of halogens is 1. The van der Waals surface area contributed by atoms with Crippen LogP contribution in [0.5, 0.6) is 0 Å². The molecule has 5 nitrogen and oxygen atoms in total. The number of aryl methyl sites for hydroxylation is 1. The van der Waals surface area contributed by atoms with Gasteiger partial charge in [0.15, 0.2) is 0 Å². The van der Waals surface area contributed by atoms with Crippen LogP contribution >= 0.6 is 15.9 Å². The maximum absolute atomic E-state index is 12.3. The number of aromatic nitrogens is 1. The summed E-state index contributed by atoms with van der Waals surface area (Å²) in [6.45, 7) is 3.87. The number of rotatable bonds is 7. The maximum atomic E-state index is 12.3. The Morgan fingerprint density at radius 3 is 2.67 bits per heavy atom. The summed E-state index contributed by atoms with van der Waals surface area (Å²) in [6.07, 6.45) is 2.75. The van der Waals surface area contributed by atoms with Gasteiger partial charge in [-0.05, 0) is 69.9 Å². The van der Waals surface area contributed by atoms with Crippen LogP contribution in [-0.4, -0.2) is 43.0 Å². The van der Waals surface area contributed by atoms with E-state index in [4.69, 9.17) is 0 Å². The zero-order chi connectivity index (χ0) is 17.5. The molecular formula is C18H23BrN4O. The molecule has 0 saturated heterocycles. The van der Waals surface area contributed by atoms with Crippen LogP contribution in [0.3, 0.4) is 0 Å². The predicted molar refractivity (Wildman–Crippen MR) is 103 cm³/mol. The van der Waals surface area contributed by atoms with Crippen LogP contribution in [-0.2, 0) is 0 Å². The minimum atomic E-state index is -0.209. The molecule has 1 aromatic carbocycles. The number of hydrogen-bond acceptors (Lipinski definition) is 4. The first-order valence-electron chi connectivity index (χ1n) is 7.88. The molecule has 0 bridgehead atoms. The van der Waals surface area contributed by atoms with Crippen LogP contribution in [0.2, 0.25) is 0 Å². The van der Waals surface area contributed by atoms with Crippen LogP contribution in [0.25, 0.3) is 0 Å². The molecule has 0 aliphatic rings. The van der Waals surface area contributed by atoms with E-state index >= 15 is 0 Å². The quantitative estimate of drug-likeness (QED) is 0.706. The van der Waals surface area contributed by atoms with Crippen molar-refractivity contribution in [3.63, 3.8) is 0 Å². The van der Waals surface area contributed by atoms with E-state index in [1.54, 1.807) is 12.3 Å². The largest absolute Gasteiger partial charge is 0.384 e. The van der Waals surface area contributed by atoms with E-state index < -0.39 is 0 Å². The Morgan fingerprint density at radius 2 is 2.04 bits per heavy atom.